The summed E-state index contributed by atoms with van der Waals surface area (Å²) >= 11 is 0. The van der Waals surface area contributed by atoms with Crippen LogP contribution < -0.4 is 9.64 Å². The standard InChI is InChI=1S/C14H18N2O5/c1-3-21-14(17)13-5-4-6-15(13)10-7-11(16(18)19)9-12(8-10)20-2/h7-9,13H,3-6H2,1-2H3. The highest BCUT2D eigenvalue weighted by Crippen LogP contribution is 2.33. The molecule has 0 bridgehead atoms. The number of non-ortho nitro benzene ring substituents is 1. The maximum atomic E-state index is 12.0. The lowest BCUT2D eigenvalue weighted by molar-refractivity contribution is -0.384. The molecule has 2 rings (SSSR count). The average Bonchev–Trinajstić information content (AvgIpc) is 2.96. The molecule has 21 heavy (non-hydrogen) atoms. The molecule has 0 spiro atoms. The maximum absolute atomic E-state index is 12.0. The summed E-state index contributed by atoms with van der Waals surface area (Å²) in [5.74, 6) is 0.106. The Bertz CT molecular complexity index is 546. The van der Waals surface area contributed by atoms with E-state index in [1.807, 2.05) is 4.90 Å². The number of nitro benzene ring substituents is 1. The molecule has 1 fully saturated rings. The summed E-state index contributed by atoms with van der Waals surface area (Å²) in [5, 5.41) is 11.0. The Kier molecular flexibility index (Phi) is 4.62. The van der Waals surface area contributed by atoms with Crippen LogP contribution in [0.2, 0.25) is 0 Å². The predicted molar refractivity (Wildman–Crippen MR) is 76.6 cm³/mol. The lowest BCUT2D eigenvalue weighted by atomic mass is 10.2. The zero-order chi connectivity index (χ0) is 15.4. The fraction of sp³-hybridized carbons (Fsp3) is 0.500. The molecule has 1 atom stereocenters. The zero-order valence-electron chi connectivity index (χ0n) is 12.1. The highest BCUT2D eigenvalue weighted by atomic mass is 16.6. The monoisotopic (exact) mass is 294 g/mol. The number of carbonyl (C=O) groups excluding carboxylic acids is 1. The third kappa shape index (κ3) is 3.24. The van der Waals surface area contributed by atoms with Gasteiger partial charge in [-0.1, -0.05) is 0 Å². The van der Waals surface area contributed by atoms with E-state index in [-0.39, 0.29) is 11.7 Å². The number of anilines is 1. The van der Waals surface area contributed by atoms with Crippen molar-refractivity contribution in [2.75, 3.05) is 25.2 Å². The Morgan fingerprint density at radius 1 is 1.48 bits per heavy atom. The van der Waals surface area contributed by atoms with Crippen LogP contribution in [0.1, 0.15) is 19.8 Å². The number of benzene rings is 1. The molecule has 0 radical (unpaired) electrons. The van der Waals surface area contributed by atoms with Crippen molar-refractivity contribution >= 4 is 17.3 Å². The van der Waals surface area contributed by atoms with Gasteiger partial charge in [0.2, 0.25) is 0 Å². The second-order valence-electron chi connectivity index (χ2n) is 4.75. The summed E-state index contributed by atoms with van der Waals surface area (Å²) in [6, 6.07) is 4.13. The summed E-state index contributed by atoms with van der Waals surface area (Å²) in [6.45, 7) is 2.74. The van der Waals surface area contributed by atoms with Crippen LogP contribution in [0.15, 0.2) is 18.2 Å². The van der Waals surface area contributed by atoms with Crippen molar-refractivity contribution in [2.45, 2.75) is 25.8 Å². The number of carbonyl (C=O) groups is 1. The van der Waals surface area contributed by atoms with E-state index in [4.69, 9.17) is 9.47 Å². The zero-order valence-corrected chi connectivity index (χ0v) is 12.1. The minimum atomic E-state index is -0.471. The smallest absolute Gasteiger partial charge is 0.328 e. The van der Waals surface area contributed by atoms with Gasteiger partial charge in [-0.2, -0.15) is 0 Å². The third-order valence-electron chi connectivity index (χ3n) is 3.47. The third-order valence-corrected chi connectivity index (χ3v) is 3.47. The number of hydrogen-bond donors (Lipinski definition) is 0. The maximum Gasteiger partial charge on any atom is 0.328 e. The number of nitro groups is 1. The van der Waals surface area contributed by atoms with Gasteiger partial charge in [-0.3, -0.25) is 10.1 Å². The molecule has 0 aromatic heterocycles. The molecular weight excluding hydrogens is 276 g/mol. The van der Waals surface area contributed by atoms with Gasteiger partial charge in [0.15, 0.2) is 0 Å². The van der Waals surface area contributed by atoms with Crippen molar-refractivity contribution < 1.29 is 19.2 Å². The number of hydrogen-bond acceptors (Lipinski definition) is 6. The summed E-state index contributed by atoms with van der Waals surface area (Å²) < 4.78 is 10.2. The first-order valence-electron chi connectivity index (χ1n) is 6.83. The van der Waals surface area contributed by atoms with Gasteiger partial charge in [-0.25, -0.2) is 4.79 Å². The lowest BCUT2D eigenvalue weighted by Gasteiger charge is -2.25. The normalized spacial score (nSPS) is 17.6. The molecule has 1 aromatic carbocycles. The Morgan fingerprint density at radius 2 is 2.24 bits per heavy atom. The van der Waals surface area contributed by atoms with Gasteiger partial charge >= 0.3 is 5.97 Å². The van der Waals surface area contributed by atoms with Crippen molar-refractivity contribution in [3.8, 4) is 5.75 Å². The Hall–Kier alpha value is -2.31. The van der Waals surface area contributed by atoms with Crippen molar-refractivity contribution in [2.24, 2.45) is 0 Å². The highest BCUT2D eigenvalue weighted by molar-refractivity contribution is 5.81. The second kappa shape index (κ2) is 6.43. The van der Waals surface area contributed by atoms with Crippen molar-refractivity contribution in [1.29, 1.82) is 0 Å². The molecule has 1 aliphatic heterocycles. The number of nitrogens with zero attached hydrogens (tertiary/aromatic N) is 2. The predicted octanol–water partition coefficient (Wildman–Crippen LogP) is 2.14. The van der Waals surface area contributed by atoms with Gasteiger partial charge in [0.05, 0.1) is 24.7 Å². The second-order valence-corrected chi connectivity index (χ2v) is 4.75. The van der Waals surface area contributed by atoms with E-state index in [9.17, 15) is 14.9 Å². The molecule has 0 aliphatic carbocycles. The van der Waals surface area contributed by atoms with Crippen molar-refractivity contribution in [3.05, 3.63) is 28.3 Å². The minimum Gasteiger partial charge on any atom is -0.496 e. The Labute approximate surface area is 122 Å². The van der Waals surface area contributed by atoms with Crippen LogP contribution in [0, 0.1) is 10.1 Å². The van der Waals surface area contributed by atoms with E-state index in [1.165, 1.54) is 19.2 Å². The fourth-order valence-corrected chi connectivity index (χ4v) is 2.52. The molecule has 1 aromatic rings. The van der Waals surface area contributed by atoms with E-state index < -0.39 is 11.0 Å². The number of rotatable bonds is 5. The average molecular weight is 294 g/mol. The molecule has 1 saturated heterocycles. The Morgan fingerprint density at radius 3 is 2.86 bits per heavy atom. The molecule has 0 N–H and O–H groups in total. The number of methoxy groups -OCH3 is 1. The van der Waals surface area contributed by atoms with Gasteiger partial charge in [-0.05, 0) is 19.8 Å². The van der Waals surface area contributed by atoms with Crippen molar-refractivity contribution in [3.63, 3.8) is 0 Å². The van der Waals surface area contributed by atoms with E-state index in [0.29, 0.717) is 31.0 Å². The molecule has 0 saturated carbocycles. The van der Waals surface area contributed by atoms with E-state index in [0.717, 1.165) is 6.42 Å². The van der Waals surface area contributed by atoms with Crippen LogP contribution in [0.25, 0.3) is 0 Å². The van der Waals surface area contributed by atoms with E-state index in [2.05, 4.69) is 0 Å². The van der Waals surface area contributed by atoms with Gasteiger partial charge in [0, 0.05) is 24.4 Å². The molecule has 1 unspecified atom stereocenters. The molecule has 1 heterocycles. The highest BCUT2D eigenvalue weighted by Gasteiger charge is 2.33. The number of esters is 1. The largest absolute Gasteiger partial charge is 0.496 e. The Balaban J connectivity index is 2.33. The quantitative estimate of drug-likeness (QED) is 0.470. The van der Waals surface area contributed by atoms with Crippen LogP contribution >= 0.6 is 0 Å². The summed E-state index contributed by atoms with van der Waals surface area (Å²) in [5.41, 5.74) is 0.551. The first-order valence-corrected chi connectivity index (χ1v) is 6.83. The SMILES string of the molecule is CCOC(=O)C1CCCN1c1cc(OC)cc([N+](=O)[O-])c1. The van der Waals surface area contributed by atoms with Gasteiger partial charge in [0.25, 0.3) is 5.69 Å². The fourth-order valence-electron chi connectivity index (χ4n) is 2.52. The first kappa shape index (κ1) is 15.1. The molecule has 7 heteroatoms. The van der Waals surface area contributed by atoms with Crippen LogP contribution in [-0.4, -0.2) is 37.2 Å². The molecular formula is C14H18N2O5. The topological polar surface area (TPSA) is 81.9 Å². The molecule has 114 valence electrons. The molecule has 0 amide bonds. The summed E-state index contributed by atoms with van der Waals surface area (Å²) in [7, 11) is 1.45. The molecule has 1 aliphatic rings. The van der Waals surface area contributed by atoms with Crippen LogP contribution in [0.5, 0.6) is 5.75 Å². The summed E-state index contributed by atoms with van der Waals surface area (Å²) in [6.07, 6.45) is 1.53. The van der Waals surface area contributed by atoms with Crippen molar-refractivity contribution in [1.82, 2.24) is 0 Å². The van der Waals surface area contributed by atoms with E-state index in [1.54, 1.807) is 13.0 Å². The number of ether oxygens (including phenoxy) is 2. The molecule has 7 nitrogen and oxygen atoms in total. The first-order chi connectivity index (χ1) is 10.1. The minimum absolute atomic E-state index is 0.0566. The van der Waals surface area contributed by atoms with Crippen LogP contribution in [0.4, 0.5) is 11.4 Å². The van der Waals surface area contributed by atoms with Gasteiger partial charge in [0.1, 0.15) is 11.8 Å². The lowest BCUT2D eigenvalue weighted by Crippen LogP contribution is -2.37. The van der Waals surface area contributed by atoms with Gasteiger partial charge < -0.3 is 14.4 Å². The van der Waals surface area contributed by atoms with Gasteiger partial charge in [-0.15, -0.1) is 0 Å². The summed E-state index contributed by atoms with van der Waals surface area (Å²) in [4.78, 5) is 24.3. The van der Waals surface area contributed by atoms with Crippen LogP contribution in [0.3, 0.4) is 0 Å². The van der Waals surface area contributed by atoms with Crippen LogP contribution in [-0.2, 0) is 9.53 Å². The van der Waals surface area contributed by atoms with E-state index >= 15 is 0 Å².